The van der Waals surface area contributed by atoms with Gasteiger partial charge in [0.15, 0.2) is 5.78 Å². The summed E-state index contributed by atoms with van der Waals surface area (Å²) in [5, 5.41) is 0. The first kappa shape index (κ1) is 14.2. The Morgan fingerprint density at radius 2 is 1.39 bits per heavy atom. The van der Waals surface area contributed by atoms with Crippen molar-refractivity contribution in [2.75, 3.05) is 0 Å². The fraction of sp³-hybridized carbons (Fsp3) is 0.235. The lowest BCUT2D eigenvalue weighted by molar-refractivity contribution is 0.0982. The van der Waals surface area contributed by atoms with E-state index in [1.165, 1.54) is 5.56 Å². The van der Waals surface area contributed by atoms with E-state index in [9.17, 15) is 4.79 Å². The minimum absolute atomic E-state index is 0.244. The van der Waals surface area contributed by atoms with Gasteiger partial charge >= 0.3 is 0 Å². The third-order valence-corrected chi connectivity index (χ3v) is 2.51. The van der Waals surface area contributed by atoms with Crippen molar-refractivity contribution in [1.29, 1.82) is 0 Å². The summed E-state index contributed by atoms with van der Waals surface area (Å²) in [5.41, 5.74) is 2.15. The van der Waals surface area contributed by atoms with Gasteiger partial charge in [0.1, 0.15) is 0 Å². The molecule has 1 nitrogen and oxygen atoms in total. The van der Waals surface area contributed by atoms with Gasteiger partial charge < -0.3 is 0 Å². The minimum atomic E-state index is 0.244. The van der Waals surface area contributed by atoms with Gasteiger partial charge in [0.25, 0.3) is 0 Å². The van der Waals surface area contributed by atoms with Crippen LogP contribution in [-0.4, -0.2) is 5.78 Å². The van der Waals surface area contributed by atoms with Gasteiger partial charge in [-0.2, -0.15) is 0 Å². The zero-order chi connectivity index (χ0) is 13.2. The number of carbonyl (C=O) groups is 1. The Labute approximate surface area is 109 Å². The molecule has 0 bridgehead atoms. The van der Waals surface area contributed by atoms with E-state index in [1.54, 1.807) is 0 Å². The normalized spacial score (nSPS) is 9.22. The van der Waals surface area contributed by atoms with Crippen LogP contribution >= 0.6 is 0 Å². The van der Waals surface area contributed by atoms with E-state index < -0.39 is 0 Å². The van der Waals surface area contributed by atoms with Crippen molar-refractivity contribution >= 4 is 5.78 Å². The highest BCUT2D eigenvalue weighted by atomic mass is 16.1. The third kappa shape index (κ3) is 5.44. The molecule has 0 spiro atoms. The largest absolute Gasteiger partial charge is 0.294 e. The summed E-state index contributed by atoms with van der Waals surface area (Å²) in [6, 6.07) is 19.7. The Kier molecular flexibility index (Phi) is 6.49. The molecule has 0 unspecified atom stereocenters. The number of carbonyl (C=O) groups excluding carboxylic acids is 1. The number of ketones is 1. The van der Waals surface area contributed by atoms with Gasteiger partial charge in [0.2, 0.25) is 0 Å². The predicted molar refractivity (Wildman–Crippen MR) is 76.9 cm³/mol. The van der Waals surface area contributed by atoms with E-state index in [0.29, 0.717) is 6.42 Å². The van der Waals surface area contributed by atoms with E-state index >= 15 is 0 Å². The molecule has 1 heteroatoms. The van der Waals surface area contributed by atoms with Crippen LogP contribution in [0, 0.1) is 6.92 Å². The average molecular weight is 240 g/mol. The average Bonchev–Trinajstić information content (AvgIpc) is 2.42. The minimum Gasteiger partial charge on any atom is -0.294 e. The van der Waals surface area contributed by atoms with E-state index in [1.807, 2.05) is 55.5 Å². The van der Waals surface area contributed by atoms with Gasteiger partial charge in [-0.3, -0.25) is 4.79 Å². The van der Waals surface area contributed by atoms with E-state index in [0.717, 1.165) is 12.0 Å². The standard InChI is InChI=1S/C10H12O.C7H8/c1-2-6-10(11)9-7-4-3-5-8-9;1-7-5-3-2-4-6-7/h3-5,7-8H,2,6H2,1H3;2-6H,1H3. The van der Waals surface area contributed by atoms with Gasteiger partial charge in [0.05, 0.1) is 0 Å². The second kappa shape index (κ2) is 8.24. The molecular weight excluding hydrogens is 220 g/mol. The van der Waals surface area contributed by atoms with Gasteiger partial charge in [-0.25, -0.2) is 0 Å². The molecule has 18 heavy (non-hydrogen) atoms. The lowest BCUT2D eigenvalue weighted by atomic mass is 10.1. The number of hydrogen-bond donors (Lipinski definition) is 0. The van der Waals surface area contributed by atoms with Crippen LogP contribution in [0.2, 0.25) is 0 Å². The number of aryl methyl sites for hydroxylation is 1. The molecule has 0 aliphatic rings. The smallest absolute Gasteiger partial charge is 0.162 e. The highest BCUT2D eigenvalue weighted by molar-refractivity contribution is 5.95. The molecule has 0 N–H and O–H groups in total. The van der Waals surface area contributed by atoms with Crippen LogP contribution < -0.4 is 0 Å². The Morgan fingerprint density at radius 3 is 1.78 bits per heavy atom. The molecule has 0 aliphatic carbocycles. The highest BCUT2D eigenvalue weighted by Gasteiger charge is 2.01. The summed E-state index contributed by atoms with van der Waals surface area (Å²) in [6.07, 6.45) is 1.58. The van der Waals surface area contributed by atoms with Gasteiger partial charge in [-0.05, 0) is 13.3 Å². The van der Waals surface area contributed by atoms with Crippen LogP contribution in [-0.2, 0) is 0 Å². The van der Waals surface area contributed by atoms with E-state index in [2.05, 4.69) is 19.1 Å². The highest BCUT2D eigenvalue weighted by Crippen LogP contribution is 2.03. The summed E-state index contributed by atoms with van der Waals surface area (Å²) in [5.74, 6) is 0.244. The molecular formula is C17H20O. The molecule has 0 heterocycles. The van der Waals surface area contributed by atoms with Crippen LogP contribution in [0.4, 0.5) is 0 Å². The van der Waals surface area contributed by atoms with Gasteiger partial charge in [-0.15, -0.1) is 0 Å². The SMILES string of the molecule is CCCC(=O)c1ccccc1.Cc1ccccc1. The Hall–Kier alpha value is -1.89. The van der Waals surface area contributed by atoms with Crippen molar-refractivity contribution in [3.05, 3.63) is 71.8 Å². The maximum absolute atomic E-state index is 11.2. The van der Waals surface area contributed by atoms with Crippen LogP contribution in [0.5, 0.6) is 0 Å². The molecule has 94 valence electrons. The van der Waals surface area contributed by atoms with Crippen LogP contribution in [0.1, 0.15) is 35.7 Å². The third-order valence-electron chi connectivity index (χ3n) is 2.51. The number of rotatable bonds is 3. The lowest BCUT2D eigenvalue weighted by Crippen LogP contribution is -1.96. The predicted octanol–water partition coefficient (Wildman–Crippen LogP) is 4.66. The van der Waals surface area contributed by atoms with Crippen LogP contribution in [0.25, 0.3) is 0 Å². The summed E-state index contributed by atoms with van der Waals surface area (Å²) in [7, 11) is 0. The maximum atomic E-state index is 11.2. The Bertz CT molecular complexity index is 446. The molecule has 0 aliphatic heterocycles. The number of benzene rings is 2. The molecule has 0 atom stereocenters. The summed E-state index contributed by atoms with van der Waals surface area (Å²) < 4.78 is 0. The first-order valence-corrected chi connectivity index (χ1v) is 6.34. The molecule has 2 rings (SSSR count). The summed E-state index contributed by atoms with van der Waals surface area (Å²) >= 11 is 0. The molecule has 2 aromatic rings. The van der Waals surface area contributed by atoms with E-state index in [-0.39, 0.29) is 5.78 Å². The topological polar surface area (TPSA) is 17.1 Å². The Morgan fingerprint density at radius 1 is 0.889 bits per heavy atom. The molecule has 2 aromatic carbocycles. The lowest BCUT2D eigenvalue weighted by Gasteiger charge is -1.96. The van der Waals surface area contributed by atoms with E-state index in [4.69, 9.17) is 0 Å². The van der Waals surface area contributed by atoms with Crippen molar-refractivity contribution in [3.8, 4) is 0 Å². The zero-order valence-electron chi connectivity index (χ0n) is 11.1. The molecule has 0 saturated carbocycles. The summed E-state index contributed by atoms with van der Waals surface area (Å²) in [6.45, 7) is 4.10. The van der Waals surface area contributed by atoms with Crippen molar-refractivity contribution in [2.45, 2.75) is 26.7 Å². The molecule has 0 radical (unpaired) electrons. The van der Waals surface area contributed by atoms with Crippen molar-refractivity contribution in [1.82, 2.24) is 0 Å². The maximum Gasteiger partial charge on any atom is 0.162 e. The van der Waals surface area contributed by atoms with Gasteiger partial charge in [0, 0.05) is 12.0 Å². The van der Waals surface area contributed by atoms with Crippen molar-refractivity contribution in [3.63, 3.8) is 0 Å². The molecule has 0 amide bonds. The fourth-order valence-corrected chi connectivity index (χ4v) is 1.53. The van der Waals surface area contributed by atoms with Crippen molar-refractivity contribution < 1.29 is 4.79 Å². The zero-order valence-corrected chi connectivity index (χ0v) is 11.1. The second-order valence-electron chi connectivity index (χ2n) is 4.19. The first-order valence-electron chi connectivity index (χ1n) is 6.34. The summed E-state index contributed by atoms with van der Waals surface area (Å²) in [4.78, 5) is 11.2. The first-order chi connectivity index (χ1) is 8.74. The molecule has 0 aromatic heterocycles. The quantitative estimate of drug-likeness (QED) is 0.713. The molecule has 0 saturated heterocycles. The fourth-order valence-electron chi connectivity index (χ4n) is 1.53. The molecule has 0 fully saturated rings. The van der Waals surface area contributed by atoms with Crippen LogP contribution in [0.3, 0.4) is 0 Å². The van der Waals surface area contributed by atoms with Gasteiger partial charge in [-0.1, -0.05) is 73.2 Å². The Balaban J connectivity index is 0.000000199. The van der Waals surface area contributed by atoms with Crippen molar-refractivity contribution in [2.24, 2.45) is 0 Å². The number of hydrogen-bond acceptors (Lipinski definition) is 1. The second-order valence-corrected chi connectivity index (χ2v) is 4.19. The van der Waals surface area contributed by atoms with Crippen LogP contribution in [0.15, 0.2) is 60.7 Å². The number of Topliss-reactive ketones (excluding diaryl/α,β-unsaturated/α-hetero) is 1. The monoisotopic (exact) mass is 240 g/mol.